The first-order chi connectivity index (χ1) is 7.74. The number of aromatic nitrogens is 2. The molecule has 2 rings (SSSR count). The van der Waals surface area contributed by atoms with E-state index in [1.807, 2.05) is 10.9 Å². The monoisotopic (exact) mass is 221 g/mol. The predicted molar refractivity (Wildman–Crippen MR) is 66.4 cm³/mol. The molecule has 90 valence electrons. The van der Waals surface area contributed by atoms with E-state index in [0.29, 0.717) is 6.04 Å². The molecule has 1 aromatic heterocycles. The minimum atomic E-state index is 0.687. The maximum Gasteiger partial charge on any atom is 0.0518 e. The van der Waals surface area contributed by atoms with Crippen LogP contribution in [0, 0.1) is 12.8 Å². The summed E-state index contributed by atoms with van der Waals surface area (Å²) in [7, 11) is 0. The van der Waals surface area contributed by atoms with Gasteiger partial charge in [0.2, 0.25) is 0 Å². The molecular weight excluding hydrogens is 198 g/mol. The van der Waals surface area contributed by atoms with Gasteiger partial charge in [0.15, 0.2) is 0 Å². The fraction of sp³-hybridized carbons (Fsp3) is 0.769. The standard InChI is InChI=1S/C13H23N3/c1-11-9-15-16(10-11)7-3-6-14-12(2)8-13-4-5-13/h9-10,12-14H,3-8H2,1-2H3. The molecule has 1 aromatic rings. The predicted octanol–water partition coefficient (Wildman–Crippen LogP) is 2.36. The highest BCUT2D eigenvalue weighted by Gasteiger charge is 2.22. The van der Waals surface area contributed by atoms with Crippen molar-refractivity contribution >= 4 is 0 Å². The Bertz CT molecular complexity index is 315. The molecule has 16 heavy (non-hydrogen) atoms. The van der Waals surface area contributed by atoms with Crippen molar-refractivity contribution in [2.45, 2.75) is 52.1 Å². The summed E-state index contributed by atoms with van der Waals surface area (Å²) < 4.78 is 2.03. The van der Waals surface area contributed by atoms with Crippen LogP contribution in [0.15, 0.2) is 12.4 Å². The highest BCUT2D eigenvalue weighted by molar-refractivity contribution is 4.99. The molecule has 0 amide bonds. The molecule has 1 fully saturated rings. The summed E-state index contributed by atoms with van der Waals surface area (Å²) in [5.41, 5.74) is 1.25. The Morgan fingerprint density at radius 1 is 1.56 bits per heavy atom. The van der Waals surface area contributed by atoms with Gasteiger partial charge in [0.25, 0.3) is 0 Å². The Morgan fingerprint density at radius 3 is 3.00 bits per heavy atom. The molecule has 0 aromatic carbocycles. The van der Waals surface area contributed by atoms with Crippen LogP contribution in [0.1, 0.15) is 38.2 Å². The third-order valence-corrected chi connectivity index (χ3v) is 3.20. The van der Waals surface area contributed by atoms with Gasteiger partial charge in [-0.05, 0) is 44.7 Å². The zero-order valence-corrected chi connectivity index (χ0v) is 10.4. The molecule has 1 saturated carbocycles. The molecule has 3 heteroatoms. The second-order valence-electron chi connectivity index (χ2n) is 5.17. The lowest BCUT2D eigenvalue weighted by molar-refractivity contribution is 0.462. The number of nitrogens with zero attached hydrogens (tertiary/aromatic N) is 2. The summed E-state index contributed by atoms with van der Waals surface area (Å²) >= 11 is 0. The lowest BCUT2D eigenvalue weighted by atomic mass is 10.1. The summed E-state index contributed by atoms with van der Waals surface area (Å²) in [5, 5.41) is 7.87. The smallest absolute Gasteiger partial charge is 0.0518 e. The van der Waals surface area contributed by atoms with Gasteiger partial charge in [-0.2, -0.15) is 5.10 Å². The fourth-order valence-electron chi connectivity index (χ4n) is 2.12. The lowest BCUT2D eigenvalue weighted by Gasteiger charge is -2.12. The summed E-state index contributed by atoms with van der Waals surface area (Å²) in [4.78, 5) is 0. The van der Waals surface area contributed by atoms with Crippen LogP contribution in [-0.2, 0) is 6.54 Å². The second kappa shape index (κ2) is 5.48. The summed E-state index contributed by atoms with van der Waals surface area (Å²) in [5.74, 6) is 1.02. The van der Waals surface area contributed by atoms with Gasteiger partial charge in [-0.1, -0.05) is 12.8 Å². The lowest BCUT2D eigenvalue weighted by Crippen LogP contribution is -2.28. The molecule has 1 unspecified atom stereocenters. The van der Waals surface area contributed by atoms with Gasteiger partial charge in [-0.25, -0.2) is 0 Å². The van der Waals surface area contributed by atoms with E-state index >= 15 is 0 Å². The van der Waals surface area contributed by atoms with E-state index in [1.165, 1.54) is 24.8 Å². The highest BCUT2D eigenvalue weighted by Crippen LogP contribution is 2.33. The number of rotatable bonds is 7. The maximum atomic E-state index is 4.28. The van der Waals surface area contributed by atoms with Gasteiger partial charge in [0, 0.05) is 18.8 Å². The third kappa shape index (κ3) is 3.97. The first-order valence-corrected chi connectivity index (χ1v) is 6.46. The molecule has 0 radical (unpaired) electrons. The summed E-state index contributed by atoms with van der Waals surface area (Å²) in [6, 6.07) is 0.687. The van der Waals surface area contributed by atoms with Crippen LogP contribution in [0.2, 0.25) is 0 Å². The Morgan fingerprint density at radius 2 is 2.38 bits per heavy atom. The quantitative estimate of drug-likeness (QED) is 0.716. The Balaban J connectivity index is 1.54. The first-order valence-electron chi connectivity index (χ1n) is 6.46. The molecule has 1 atom stereocenters. The van der Waals surface area contributed by atoms with Crippen molar-refractivity contribution in [3.05, 3.63) is 18.0 Å². The molecule has 0 saturated heterocycles. The van der Waals surface area contributed by atoms with Crippen molar-refractivity contribution in [1.29, 1.82) is 0 Å². The SMILES string of the molecule is Cc1cnn(CCCNC(C)CC2CC2)c1. The first kappa shape index (κ1) is 11.6. The van der Waals surface area contributed by atoms with Crippen LogP contribution >= 0.6 is 0 Å². The summed E-state index contributed by atoms with van der Waals surface area (Å²) in [6.45, 7) is 6.51. The molecule has 0 aliphatic heterocycles. The number of hydrogen-bond donors (Lipinski definition) is 1. The van der Waals surface area contributed by atoms with Gasteiger partial charge in [-0.15, -0.1) is 0 Å². The zero-order valence-electron chi connectivity index (χ0n) is 10.4. The average Bonchev–Trinajstić information content (AvgIpc) is 2.95. The van der Waals surface area contributed by atoms with Gasteiger partial charge >= 0.3 is 0 Å². The minimum Gasteiger partial charge on any atom is -0.314 e. The van der Waals surface area contributed by atoms with E-state index in [9.17, 15) is 0 Å². The highest BCUT2D eigenvalue weighted by atomic mass is 15.3. The molecule has 1 heterocycles. The van der Waals surface area contributed by atoms with Crippen LogP contribution in [0.3, 0.4) is 0 Å². The van der Waals surface area contributed by atoms with Gasteiger partial charge < -0.3 is 5.32 Å². The molecule has 0 bridgehead atoms. The van der Waals surface area contributed by atoms with Crippen molar-refractivity contribution in [3.63, 3.8) is 0 Å². The van der Waals surface area contributed by atoms with Crippen molar-refractivity contribution in [3.8, 4) is 0 Å². The number of aryl methyl sites for hydroxylation is 2. The number of nitrogens with one attached hydrogen (secondary N) is 1. The van der Waals surface area contributed by atoms with Crippen molar-refractivity contribution < 1.29 is 0 Å². The van der Waals surface area contributed by atoms with Crippen LogP contribution in [0.5, 0.6) is 0 Å². The average molecular weight is 221 g/mol. The Labute approximate surface area is 98.2 Å². The van der Waals surface area contributed by atoms with E-state index in [4.69, 9.17) is 0 Å². The van der Waals surface area contributed by atoms with E-state index in [1.54, 1.807) is 0 Å². The fourth-order valence-corrected chi connectivity index (χ4v) is 2.12. The summed E-state index contributed by atoms with van der Waals surface area (Å²) in [6.07, 6.45) is 9.46. The van der Waals surface area contributed by atoms with Crippen molar-refractivity contribution in [2.24, 2.45) is 5.92 Å². The molecule has 0 spiro atoms. The number of hydrogen-bond acceptors (Lipinski definition) is 2. The second-order valence-corrected chi connectivity index (χ2v) is 5.17. The van der Waals surface area contributed by atoms with Gasteiger partial charge in [0.1, 0.15) is 0 Å². The molecular formula is C13H23N3. The molecule has 3 nitrogen and oxygen atoms in total. The van der Waals surface area contributed by atoms with Crippen LogP contribution < -0.4 is 5.32 Å². The van der Waals surface area contributed by atoms with E-state index in [0.717, 1.165) is 25.4 Å². The van der Waals surface area contributed by atoms with Gasteiger partial charge in [0.05, 0.1) is 6.20 Å². The normalized spacial score (nSPS) is 17.6. The Kier molecular flexibility index (Phi) is 3.99. The van der Waals surface area contributed by atoms with Crippen molar-refractivity contribution in [2.75, 3.05) is 6.54 Å². The molecule has 1 aliphatic rings. The van der Waals surface area contributed by atoms with Gasteiger partial charge in [-0.3, -0.25) is 4.68 Å². The largest absolute Gasteiger partial charge is 0.314 e. The topological polar surface area (TPSA) is 29.9 Å². The van der Waals surface area contributed by atoms with Crippen LogP contribution in [-0.4, -0.2) is 22.4 Å². The van der Waals surface area contributed by atoms with E-state index < -0.39 is 0 Å². The van der Waals surface area contributed by atoms with Crippen LogP contribution in [0.4, 0.5) is 0 Å². The van der Waals surface area contributed by atoms with E-state index in [2.05, 4.69) is 30.5 Å². The van der Waals surface area contributed by atoms with Crippen molar-refractivity contribution in [1.82, 2.24) is 15.1 Å². The van der Waals surface area contributed by atoms with Crippen LogP contribution in [0.25, 0.3) is 0 Å². The third-order valence-electron chi connectivity index (χ3n) is 3.20. The zero-order chi connectivity index (χ0) is 11.4. The molecule has 1 N–H and O–H groups in total. The minimum absolute atomic E-state index is 0.687. The Hall–Kier alpha value is -0.830. The molecule has 1 aliphatic carbocycles. The van der Waals surface area contributed by atoms with E-state index in [-0.39, 0.29) is 0 Å². The maximum absolute atomic E-state index is 4.28.